The van der Waals surface area contributed by atoms with Gasteiger partial charge in [-0.25, -0.2) is 4.79 Å². The normalized spacial score (nSPS) is 15.4. The zero-order chi connectivity index (χ0) is 13.7. The monoisotopic (exact) mass is 280 g/mol. The first kappa shape index (κ1) is 14.2. The summed E-state index contributed by atoms with van der Waals surface area (Å²) in [5.41, 5.74) is 0.904. The van der Waals surface area contributed by atoms with E-state index in [1.165, 1.54) is 12.8 Å². The van der Waals surface area contributed by atoms with Crippen LogP contribution in [0.1, 0.15) is 26.2 Å². The Morgan fingerprint density at radius 3 is 2.58 bits per heavy atom. The molecule has 4 nitrogen and oxygen atoms in total. The molecule has 2 amide bonds. The van der Waals surface area contributed by atoms with E-state index in [1.54, 1.807) is 4.90 Å². The fraction of sp³-hybridized carbons (Fsp3) is 0.500. The molecule has 2 rings (SSSR count). The number of nitrogens with zero attached hydrogens (tertiary/aromatic N) is 2. The Morgan fingerprint density at radius 2 is 1.95 bits per heavy atom. The molecule has 1 fully saturated rings. The second kappa shape index (κ2) is 6.82. The molecular weight excluding hydrogens is 260 g/mol. The average Bonchev–Trinajstić information content (AvgIpc) is 2.81. The van der Waals surface area contributed by atoms with Crippen LogP contribution in [0.3, 0.4) is 0 Å². The van der Waals surface area contributed by atoms with Crippen molar-refractivity contribution in [2.24, 2.45) is 0 Å². The molecule has 0 atom stereocenters. The fourth-order valence-electron chi connectivity index (χ4n) is 2.27. The number of benzene rings is 1. The van der Waals surface area contributed by atoms with Crippen LogP contribution in [0.2, 0.25) is 0 Å². The van der Waals surface area contributed by atoms with E-state index in [0.29, 0.717) is 0 Å². The lowest BCUT2D eigenvalue weighted by atomic mass is 10.2. The molecule has 0 unspecified atom stereocenters. The number of amides is 2. The van der Waals surface area contributed by atoms with Gasteiger partial charge in [-0.15, -0.1) is 0 Å². The van der Waals surface area contributed by atoms with Crippen molar-refractivity contribution in [3.63, 3.8) is 0 Å². The summed E-state index contributed by atoms with van der Waals surface area (Å²) >= 11 is 0.721. The van der Waals surface area contributed by atoms with Crippen molar-refractivity contribution >= 4 is 23.8 Å². The Morgan fingerprint density at radius 1 is 1.21 bits per heavy atom. The van der Waals surface area contributed by atoms with Crippen LogP contribution in [0, 0.1) is 0 Å². The summed E-state index contributed by atoms with van der Waals surface area (Å²) in [6.45, 7) is 4.57. The maximum absolute atomic E-state index is 12.3. The minimum atomic E-state index is 0.0977. The molecule has 19 heavy (non-hydrogen) atoms. The number of rotatable bonds is 6. The van der Waals surface area contributed by atoms with Crippen LogP contribution in [-0.4, -0.2) is 35.1 Å². The minimum Gasteiger partial charge on any atom is -0.325 e. The van der Waals surface area contributed by atoms with E-state index in [9.17, 15) is 4.79 Å². The van der Waals surface area contributed by atoms with Gasteiger partial charge in [-0.3, -0.25) is 4.90 Å². The number of hydrogen-bond donors (Lipinski definition) is 1. The number of unbranched alkanes of at least 4 members (excludes halogenated alkanes) is 2. The number of carbonyl (C=O) groups is 1. The van der Waals surface area contributed by atoms with Gasteiger partial charge in [0.2, 0.25) is 0 Å². The Balaban J connectivity index is 1.96. The first-order valence-electron chi connectivity index (χ1n) is 6.74. The maximum atomic E-state index is 12.3. The van der Waals surface area contributed by atoms with E-state index in [2.05, 4.69) is 6.92 Å². The van der Waals surface area contributed by atoms with Crippen LogP contribution in [0.5, 0.6) is 0 Å². The van der Waals surface area contributed by atoms with E-state index in [-0.39, 0.29) is 6.03 Å². The summed E-state index contributed by atoms with van der Waals surface area (Å²) in [7, 11) is 0. The Kier molecular flexibility index (Phi) is 5.10. The number of carbonyl (C=O) groups excluding carboxylic acids is 1. The quantitative estimate of drug-likeness (QED) is 0.638. The molecule has 1 saturated heterocycles. The lowest BCUT2D eigenvalue weighted by Crippen LogP contribution is -2.32. The third-order valence-electron chi connectivity index (χ3n) is 3.38. The van der Waals surface area contributed by atoms with Crippen LogP contribution in [0.25, 0.3) is 0 Å². The summed E-state index contributed by atoms with van der Waals surface area (Å²) in [5.74, 6) is 0. The molecule has 1 N–H and O–H groups in total. The smallest absolute Gasteiger partial charge is 0.324 e. The van der Waals surface area contributed by atoms with Crippen LogP contribution >= 0.6 is 12.0 Å². The summed E-state index contributed by atoms with van der Waals surface area (Å²) < 4.78 is 8.94. The second-order valence-corrected chi connectivity index (χ2v) is 5.37. The molecule has 0 bridgehead atoms. The molecule has 0 aliphatic carbocycles. The molecule has 1 aliphatic rings. The molecule has 1 aromatic carbocycles. The van der Waals surface area contributed by atoms with Crippen molar-refractivity contribution in [2.45, 2.75) is 31.1 Å². The van der Waals surface area contributed by atoms with Crippen molar-refractivity contribution in [3.8, 4) is 0 Å². The standard InChI is InChI=1S/C14H20N2O2S/c1-2-3-4-9-15-10-11-16(14(15)17)12-5-7-13(19-18)8-6-12/h5-8,18H,2-4,9-11H2,1H3. The van der Waals surface area contributed by atoms with Crippen molar-refractivity contribution in [2.75, 3.05) is 24.5 Å². The van der Waals surface area contributed by atoms with Gasteiger partial charge in [-0.05, 0) is 30.7 Å². The highest BCUT2D eigenvalue weighted by Crippen LogP contribution is 2.23. The van der Waals surface area contributed by atoms with E-state index >= 15 is 0 Å². The van der Waals surface area contributed by atoms with E-state index < -0.39 is 0 Å². The Labute approximate surface area is 118 Å². The highest BCUT2D eigenvalue weighted by molar-refractivity contribution is 7.93. The van der Waals surface area contributed by atoms with Crippen LogP contribution in [-0.2, 0) is 0 Å². The third kappa shape index (κ3) is 3.42. The predicted octanol–water partition coefficient (Wildman–Crippen LogP) is 3.68. The molecule has 104 valence electrons. The summed E-state index contributed by atoms with van der Waals surface area (Å²) in [6, 6.07) is 7.51. The number of anilines is 1. The first-order chi connectivity index (χ1) is 9.26. The molecular formula is C14H20N2O2S. The van der Waals surface area contributed by atoms with Crippen molar-refractivity contribution in [1.29, 1.82) is 0 Å². The molecule has 5 heteroatoms. The number of urea groups is 1. The van der Waals surface area contributed by atoms with Gasteiger partial charge in [-0.1, -0.05) is 19.8 Å². The van der Waals surface area contributed by atoms with Crippen molar-refractivity contribution in [1.82, 2.24) is 4.90 Å². The summed E-state index contributed by atoms with van der Waals surface area (Å²) in [4.78, 5) is 16.8. The average molecular weight is 280 g/mol. The van der Waals surface area contributed by atoms with Crippen molar-refractivity contribution in [3.05, 3.63) is 24.3 Å². The lowest BCUT2D eigenvalue weighted by Gasteiger charge is -2.18. The summed E-state index contributed by atoms with van der Waals surface area (Å²) in [6.07, 6.45) is 3.43. The SMILES string of the molecule is CCCCCN1CCN(c2ccc(SO)cc2)C1=O. The van der Waals surface area contributed by atoms with Gasteiger partial charge in [0, 0.05) is 42.3 Å². The Bertz CT molecular complexity index is 422. The largest absolute Gasteiger partial charge is 0.325 e. The molecule has 1 aromatic rings. The van der Waals surface area contributed by atoms with Gasteiger partial charge in [0.1, 0.15) is 0 Å². The molecule has 1 heterocycles. The van der Waals surface area contributed by atoms with E-state index in [1.807, 2.05) is 29.2 Å². The second-order valence-electron chi connectivity index (χ2n) is 4.71. The molecule has 0 radical (unpaired) electrons. The zero-order valence-corrected chi connectivity index (χ0v) is 12.0. The van der Waals surface area contributed by atoms with Crippen LogP contribution < -0.4 is 4.90 Å². The zero-order valence-electron chi connectivity index (χ0n) is 11.2. The molecule has 1 aliphatic heterocycles. The molecule has 0 spiro atoms. The van der Waals surface area contributed by atoms with E-state index in [0.717, 1.165) is 48.7 Å². The van der Waals surface area contributed by atoms with Crippen LogP contribution in [0.15, 0.2) is 29.2 Å². The van der Waals surface area contributed by atoms with Gasteiger partial charge in [0.25, 0.3) is 0 Å². The van der Waals surface area contributed by atoms with E-state index in [4.69, 9.17) is 4.55 Å². The van der Waals surface area contributed by atoms with Gasteiger partial charge in [-0.2, -0.15) is 0 Å². The first-order valence-corrected chi connectivity index (χ1v) is 7.51. The van der Waals surface area contributed by atoms with Gasteiger partial charge < -0.3 is 9.45 Å². The topological polar surface area (TPSA) is 43.8 Å². The van der Waals surface area contributed by atoms with Crippen LogP contribution in [0.4, 0.5) is 10.5 Å². The lowest BCUT2D eigenvalue weighted by molar-refractivity contribution is 0.219. The van der Waals surface area contributed by atoms with Gasteiger partial charge in [0.05, 0.1) is 0 Å². The third-order valence-corrected chi connectivity index (χ3v) is 3.86. The number of hydrogen-bond acceptors (Lipinski definition) is 3. The highest BCUT2D eigenvalue weighted by atomic mass is 32.2. The van der Waals surface area contributed by atoms with Crippen molar-refractivity contribution < 1.29 is 9.35 Å². The minimum absolute atomic E-state index is 0.0977. The van der Waals surface area contributed by atoms with Gasteiger partial charge >= 0.3 is 6.03 Å². The fourth-order valence-corrected chi connectivity index (χ4v) is 2.53. The maximum Gasteiger partial charge on any atom is 0.324 e. The molecule has 0 saturated carbocycles. The summed E-state index contributed by atoms with van der Waals surface area (Å²) in [5, 5.41) is 0. The van der Waals surface area contributed by atoms with Gasteiger partial charge in [0.15, 0.2) is 0 Å². The predicted molar refractivity (Wildman–Crippen MR) is 78.8 cm³/mol. The Hall–Kier alpha value is -1.20. The molecule has 0 aromatic heterocycles. The highest BCUT2D eigenvalue weighted by Gasteiger charge is 2.28.